The van der Waals surface area contributed by atoms with E-state index in [1.807, 2.05) is 30.3 Å². The van der Waals surface area contributed by atoms with Crippen LogP contribution in [0.15, 0.2) is 42.5 Å². The minimum absolute atomic E-state index is 0.0193. The van der Waals surface area contributed by atoms with Gasteiger partial charge in [-0.15, -0.1) is 0 Å². The van der Waals surface area contributed by atoms with Gasteiger partial charge in [0.25, 0.3) is 11.7 Å². The molecule has 1 aliphatic rings. The minimum Gasteiger partial charge on any atom is -0.493 e. The maximum atomic E-state index is 13.0. The quantitative estimate of drug-likeness (QED) is 0.421. The molecule has 1 N–H and O–H groups in total. The summed E-state index contributed by atoms with van der Waals surface area (Å²) in [5, 5.41) is 2.71. The van der Waals surface area contributed by atoms with E-state index in [1.165, 1.54) is 38.4 Å². The lowest BCUT2D eigenvalue weighted by Gasteiger charge is -2.24. The first-order chi connectivity index (χ1) is 16.5. The zero-order valence-electron chi connectivity index (χ0n) is 19.7. The molecular formula is C25H30N2O7. The van der Waals surface area contributed by atoms with Gasteiger partial charge < -0.3 is 29.2 Å². The van der Waals surface area contributed by atoms with Crippen LogP contribution in [0.2, 0.25) is 0 Å². The van der Waals surface area contributed by atoms with Crippen LogP contribution in [0, 0.1) is 0 Å². The summed E-state index contributed by atoms with van der Waals surface area (Å²) in [5.74, 6) is -0.457. The van der Waals surface area contributed by atoms with Crippen molar-refractivity contribution in [2.24, 2.45) is 0 Å². The highest BCUT2D eigenvalue weighted by Gasteiger charge is 2.34. The molecule has 0 bridgehead atoms. The third kappa shape index (κ3) is 5.98. The lowest BCUT2D eigenvalue weighted by Crippen LogP contribution is -2.43. The Balaban J connectivity index is 1.57. The van der Waals surface area contributed by atoms with E-state index in [0.29, 0.717) is 31.7 Å². The van der Waals surface area contributed by atoms with Crippen molar-refractivity contribution < 1.29 is 33.3 Å². The molecule has 2 aromatic rings. The lowest BCUT2D eigenvalue weighted by molar-refractivity contribution is -0.127. The average Bonchev–Trinajstić information content (AvgIpc) is 3.34. The van der Waals surface area contributed by atoms with Gasteiger partial charge in [0.2, 0.25) is 5.75 Å². The summed E-state index contributed by atoms with van der Waals surface area (Å²) in [5.41, 5.74) is 1.24. The van der Waals surface area contributed by atoms with E-state index in [1.54, 1.807) is 0 Å². The maximum absolute atomic E-state index is 13.0. The van der Waals surface area contributed by atoms with Gasteiger partial charge >= 0.3 is 6.09 Å². The first-order valence-corrected chi connectivity index (χ1v) is 11.1. The molecule has 0 aliphatic carbocycles. The van der Waals surface area contributed by atoms with E-state index >= 15 is 0 Å². The number of alkyl carbamates (subject to hydrolysis) is 1. The maximum Gasteiger partial charge on any atom is 0.407 e. The number of likely N-dealkylation sites (tertiary alicyclic amines) is 1. The molecule has 2 amide bonds. The molecule has 9 heteroatoms. The van der Waals surface area contributed by atoms with Crippen molar-refractivity contribution in [3.05, 3.63) is 53.6 Å². The van der Waals surface area contributed by atoms with Gasteiger partial charge in [-0.2, -0.15) is 0 Å². The third-order valence-corrected chi connectivity index (χ3v) is 5.69. The Hall–Kier alpha value is -3.75. The number of carbonyl (C=O) groups is 3. The normalized spacial score (nSPS) is 14.9. The Morgan fingerprint density at radius 2 is 1.68 bits per heavy atom. The summed E-state index contributed by atoms with van der Waals surface area (Å²) in [7, 11) is 4.33. The number of nitrogens with zero attached hydrogens (tertiary/aromatic N) is 1. The standard InChI is InChI=1S/C25H30N2O7/c1-31-20-14-18(15-21(32-2)23(20)33-3)22(28)24(29)27-13-7-10-19(27)16-34-25(30)26-12-11-17-8-5-4-6-9-17/h4-6,8-9,14-15,19H,7,10-13,16H2,1-3H3,(H,26,30)/t19-/m0/s1. The Kier molecular flexibility index (Phi) is 8.73. The van der Waals surface area contributed by atoms with E-state index in [9.17, 15) is 14.4 Å². The summed E-state index contributed by atoms with van der Waals surface area (Å²) in [6, 6.07) is 12.3. The first kappa shape index (κ1) is 24.9. The zero-order chi connectivity index (χ0) is 24.5. The van der Waals surface area contributed by atoms with Crippen LogP contribution in [-0.4, -0.2) is 69.8 Å². The number of benzene rings is 2. The van der Waals surface area contributed by atoms with E-state index in [0.717, 1.165) is 12.0 Å². The molecular weight excluding hydrogens is 440 g/mol. The summed E-state index contributed by atoms with van der Waals surface area (Å²) < 4.78 is 21.1. The Morgan fingerprint density at radius 1 is 1.00 bits per heavy atom. The van der Waals surface area contributed by atoms with Gasteiger partial charge in [0.05, 0.1) is 27.4 Å². The zero-order valence-corrected chi connectivity index (χ0v) is 19.7. The number of carbonyl (C=O) groups excluding carboxylic acids is 3. The van der Waals surface area contributed by atoms with Gasteiger partial charge in [0, 0.05) is 18.7 Å². The van der Waals surface area contributed by atoms with Crippen molar-refractivity contribution in [1.82, 2.24) is 10.2 Å². The summed E-state index contributed by atoms with van der Waals surface area (Å²) >= 11 is 0. The van der Waals surface area contributed by atoms with Gasteiger partial charge in [0.15, 0.2) is 11.5 Å². The SMILES string of the molecule is COc1cc(C(=O)C(=O)N2CCC[C@H]2COC(=O)NCCc2ccccc2)cc(OC)c1OC. The monoisotopic (exact) mass is 470 g/mol. The number of ketones is 1. The van der Waals surface area contributed by atoms with E-state index in [4.69, 9.17) is 18.9 Å². The van der Waals surface area contributed by atoms with Crippen LogP contribution in [0.25, 0.3) is 0 Å². The molecule has 1 saturated heterocycles. The van der Waals surface area contributed by atoms with E-state index in [-0.39, 0.29) is 29.7 Å². The smallest absolute Gasteiger partial charge is 0.407 e. The molecule has 9 nitrogen and oxygen atoms in total. The minimum atomic E-state index is -0.696. The van der Waals surface area contributed by atoms with Gasteiger partial charge in [0.1, 0.15) is 6.61 Å². The number of methoxy groups -OCH3 is 3. The molecule has 0 spiro atoms. The van der Waals surface area contributed by atoms with E-state index < -0.39 is 17.8 Å². The molecule has 1 atom stereocenters. The Bertz CT molecular complexity index is 985. The van der Waals surface area contributed by atoms with Crippen LogP contribution >= 0.6 is 0 Å². The van der Waals surface area contributed by atoms with Gasteiger partial charge in [-0.3, -0.25) is 9.59 Å². The molecule has 0 saturated carbocycles. The fourth-order valence-electron chi connectivity index (χ4n) is 3.92. The second-order valence-electron chi connectivity index (χ2n) is 7.80. The largest absolute Gasteiger partial charge is 0.493 e. The van der Waals surface area contributed by atoms with Crippen LogP contribution in [0.3, 0.4) is 0 Å². The molecule has 2 aromatic carbocycles. The molecule has 3 rings (SSSR count). The van der Waals surface area contributed by atoms with Crippen molar-refractivity contribution in [3.63, 3.8) is 0 Å². The van der Waals surface area contributed by atoms with Crippen molar-refractivity contribution in [1.29, 1.82) is 0 Å². The topological polar surface area (TPSA) is 103 Å². The number of ether oxygens (including phenoxy) is 4. The molecule has 34 heavy (non-hydrogen) atoms. The lowest BCUT2D eigenvalue weighted by atomic mass is 10.1. The molecule has 0 unspecified atom stereocenters. The van der Waals surface area contributed by atoms with Crippen molar-refractivity contribution >= 4 is 17.8 Å². The number of rotatable bonds is 10. The first-order valence-electron chi connectivity index (χ1n) is 11.1. The van der Waals surface area contributed by atoms with Crippen LogP contribution < -0.4 is 19.5 Å². The average molecular weight is 471 g/mol. The molecule has 0 radical (unpaired) electrons. The van der Waals surface area contributed by atoms with Gasteiger partial charge in [-0.1, -0.05) is 30.3 Å². The van der Waals surface area contributed by atoms with Gasteiger partial charge in [-0.05, 0) is 37.0 Å². The van der Waals surface area contributed by atoms with Crippen molar-refractivity contribution in [2.45, 2.75) is 25.3 Å². The predicted molar refractivity (Wildman–Crippen MR) is 125 cm³/mol. The predicted octanol–water partition coefficient (Wildman–Crippen LogP) is 2.86. The molecule has 1 fully saturated rings. The number of amides is 2. The Labute approximate surface area is 198 Å². The molecule has 0 aromatic heterocycles. The summed E-state index contributed by atoms with van der Waals surface area (Å²) in [6.45, 7) is 0.875. The number of hydrogen-bond acceptors (Lipinski definition) is 7. The summed E-state index contributed by atoms with van der Waals surface area (Å²) in [6.07, 6.45) is 1.50. The van der Waals surface area contributed by atoms with Crippen LogP contribution in [0.1, 0.15) is 28.8 Å². The van der Waals surface area contributed by atoms with Crippen LogP contribution in [0.5, 0.6) is 17.2 Å². The molecule has 182 valence electrons. The highest BCUT2D eigenvalue weighted by molar-refractivity contribution is 6.43. The number of nitrogens with one attached hydrogen (secondary N) is 1. The van der Waals surface area contributed by atoms with Crippen LogP contribution in [-0.2, 0) is 16.0 Å². The number of Topliss-reactive ketones (excluding diaryl/α,β-unsaturated/α-hetero) is 1. The van der Waals surface area contributed by atoms with Gasteiger partial charge in [-0.25, -0.2) is 4.79 Å². The highest BCUT2D eigenvalue weighted by atomic mass is 16.5. The molecule has 1 aliphatic heterocycles. The van der Waals surface area contributed by atoms with E-state index in [2.05, 4.69) is 5.32 Å². The van der Waals surface area contributed by atoms with Crippen LogP contribution in [0.4, 0.5) is 4.79 Å². The number of hydrogen-bond donors (Lipinski definition) is 1. The second kappa shape index (κ2) is 11.9. The third-order valence-electron chi connectivity index (χ3n) is 5.69. The Morgan fingerprint density at radius 3 is 2.29 bits per heavy atom. The fourth-order valence-corrected chi connectivity index (χ4v) is 3.92. The van der Waals surface area contributed by atoms with Crippen molar-refractivity contribution in [2.75, 3.05) is 41.0 Å². The second-order valence-corrected chi connectivity index (χ2v) is 7.80. The molecule has 1 heterocycles. The fraction of sp³-hybridized carbons (Fsp3) is 0.400. The summed E-state index contributed by atoms with van der Waals surface area (Å²) in [4.78, 5) is 39.5. The highest BCUT2D eigenvalue weighted by Crippen LogP contribution is 2.38. The van der Waals surface area contributed by atoms with Crippen molar-refractivity contribution in [3.8, 4) is 17.2 Å².